The highest BCUT2D eigenvalue weighted by Gasteiger charge is 2.18. The van der Waals surface area contributed by atoms with Crippen molar-refractivity contribution in [1.82, 2.24) is 4.72 Å². The highest BCUT2D eigenvalue weighted by atomic mass is 32.2. The SMILES string of the molecule is Cc1ccc(S(=O)(=O)NC(C)CC(C)O)cc1C. The summed E-state index contributed by atoms with van der Waals surface area (Å²) in [4.78, 5) is 0.267. The highest BCUT2D eigenvalue weighted by Crippen LogP contribution is 2.15. The molecule has 1 rings (SSSR count). The summed E-state index contributed by atoms with van der Waals surface area (Å²) in [6.07, 6.45) is -0.133. The van der Waals surface area contributed by atoms with Crippen LogP contribution in [0.3, 0.4) is 0 Å². The number of benzene rings is 1. The second-order valence-electron chi connectivity index (χ2n) is 4.85. The molecule has 1 aromatic rings. The van der Waals surface area contributed by atoms with Crippen LogP contribution in [-0.2, 0) is 10.0 Å². The van der Waals surface area contributed by atoms with Crippen LogP contribution in [-0.4, -0.2) is 25.7 Å². The molecule has 0 amide bonds. The van der Waals surface area contributed by atoms with Gasteiger partial charge in [-0.3, -0.25) is 0 Å². The van der Waals surface area contributed by atoms with E-state index in [0.29, 0.717) is 6.42 Å². The van der Waals surface area contributed by atoms with Gasteiger partial charge in [0, 0.05) is 6.04 Å². The molecule has 4 nitrogen and oxygen atoms in total. The van der Waals surface area contributed by atoms with E-state index in [9.17, 15) is 13.5 Å². The smallest absolute Gasteiger partial charge is 0.240 e. The first-order valence-corrected chi connectivity index (χ1v) is 7.48. The van der Waals surface area contributed by atoms with Crippen LogP contribution >= 0.6 is 0 Å². The monoisotopic (exact) mass is 271 g/mol. The average molecular weight is 271 g/mol. The highest BCUT2D eigenvalue weighted by molar-refractivity contribution is 7.89. The maximum Gasteiger partial charge on any atom is 0.240 e. The van der Waals surface area contributed by atoms with E-state index in [1.807, 2.05) is 13.8 Å². The van der Waals surface area contributed by atoms with Gasteiger partial charge in [-0.05, 0) is 57.4 Å². The Labute approximate surface area is 109 Å². The predicted octanol–water partition coefficient (Wildman–Crippen LogP) is 1.74. The van der Waals surface area contributed by atoms with Gasteiger partial charge in [0.05, 0.1) is 11.0 Å². The molecule has 0 spiro atoms. The van der Waals surface area contributed by atoms with Gasteiger partial charge >= 0.3 is 0 Å². The van der Waals surface area contributed by atoms with Crippen molar-refractivity contribution in [1.29, 1.82) is 0 Å². The Kier molecular flexibility index (Phi) is 4.90. The van der Waals surface area contributed by atoms with Gasteiger partial charge in [-0.2, -0.15) is 0 Å². The molecule has 0 saturated carbocycles. The molecular formula is C13H21NO3S. The zero-order chi connectivity index (χ0) is 13.9. The normalized spacial score (nSPS) is 15.4. The molecule has 0 aliphatic heterocycles. The summed E-state index contributed by atoms with van der Waals surface area (Å²) < 4.78 is 26.8. The van der Waals surface area contributed by atoms with Gasteiger partial charge in [0.2, 0.25) is 10.0 Å². The van der Waals surface area contributed by atoms with Crippen LogP contribution in [0, 0.1) is 13.8 Å². The zero-order valence-corrected chi connectivity index (χ0v) is 12.1. The van der Waals surface area contributed by atoms with Crippen molar-refractivity contribution in [3.63, 3.8) is 0 Å². The Bertz CT molecular complexity index is 509. The third kappa shape index (κ3) is 4.08. The molecule has 102 valence electrons. The van der Waals surface area contributed by atoms with Crippen LogP contribution < -0.4 is 4.72 Å². The Morgan fingerprint density at radius 2 is 1.83 bits per heavy atom. The summed E-state index contributed by atoms with van der Waals surface area (Å²) in [7, 11) is -3.51. The minimum absolute atomic E-state index is 0.267. The van der Waals surface area contributed by atoms with Gasteiger partial charge in [0.25, 0.3) is 0 Å². The van der Waals surface area contributed by atoms with Crippen LogP contribution in [0.5, 0.6) is 0 Å². The molecular weight excluding hydrogens is 250 g/mol. The molecule has 5 heteroatoms. The molecule has 2 atom stereocenters. The first-order chi connectivity index (χ1) is 8.22. The first kappa shape index (κ1) is 15.1. The molecule has 0 aliphatic carbocycles. The summed E-state index contributed by atoms with van der Waals surface area (Å²) in [6, 6.07) is 4.76. The number of hydrogen-bond donors (Lipinski definition) is 2. The van der Waals surface area contributed by atoms with E-state index in [2.05, 4.69) is 4.72 Å². The number of hydrogen-bond acceptors (Lipinski definition) is 3. The second-order valence-corrected chi connectivity index (χ2v) is 6.57. The fourth-order valence-corrected chi connectivity index (χ4v) is 3.11. The van der Waals surface area contributed by atoms with Gasteiger partial charge in [0.1, 0.15) is 0 Å². The van der Waals surface area contributed by atoms with Crippen molar-refractivity contribution >= 4 is 10.0 Å². The Morgan fingerprint density at radius 3 is 2.33 bits per heavy atom. The van der Waals surface area contributed by atoms with Crippen molar-refractivity contribution in [2.24, 2.45) is 0 Å². The Morgan fingerprint density at radius 1 is 1.22 bits per heavy atom. The van der Waals surface area contributed by atoms with Crippen molar-refractivity contribution in [2.45, 2.75) is 51.2 Å². The summed E-state index contributed by atoms with van der Waals surface area (Å²) in [5, 5.41) is 9.24. The average Bonchev–Trinajstić information content (AvgIpc) is 2.19. The van der Waals surface area contributed by atoms with E-state index in [1.165, 1.54) is 0 Å². The van der Waals surface area contributed by atoms with E-state index < -0.39 is 16.1 Å². The second kappa shape index (κ2) is 5.82. The molecule has 0 aliphatic rings. The van der Waals surface area contributed by atoms with Crippen LogP contribution in [0.1, 0.15) is 31.4 Å². The molecule has 0 heterocycles. The lowest BCUT2D eigenvalue weighted by Gasteiger charge is -2.16. The lowest BCUT2D eigenvalue weighted by Crippen LogP contribution is -2.34. The van der Waals surface area contributed by atoms with Gasteiger partial charge < -0.3 is 5.11 Å². The predicted molar refractivity (Wildman–Crippen MR) is 72.0 cm³/mol. The number of sulfonamides is 1. The van der Waals surface area contributed by atoms with Gasteiger partial charge in [-0.25, -0.2) is 13.1 Å². The summed E-state index contributed by atoms with van der Waals surface area (Å²) >= 11 is 0. The zero-order valence-electron chi connectivity index (χ0n) is 11.3. The number of rotatable bonds is 5. The van der Waals surface area contributed by atoms with Crippen molar-refractivity contribution in [2.75, 3.05) is 0 Å². The van der Waals surface area contributed by atoms with E-state index in [0.717, 1.165) is 11.1 Å². The number of aliphatic hydroxyl groups excluding tert-OH is 1. The Hall–Kier alpha value is -0.910. The quantitative estimate of drug-likeness (QED) is 0.857. The molecule has 2 unspecified atom stereocenters. The van der Waals surface area contributed by atoms with Crippen molar-refractivity contribution in [3.8, 4) is 0 Å². The van der Waals surface area contributed by atoms with Gasteiger partial charge in [0.15, 0.2) is 0 Å². The number of aliphatic hydroxyl groups is 1. The molecule has 0 aromatic heterocycles. The van der Waals surface area contributed by atoms with Crippen LogP contribution in [0.4, 0.5) is 0 Å². The molecule has 0 radical (unpaired) electrons. The van der Waals surface area contributed by atoms with E-state index in [-0.39, 0.29) is 10.9 Å². The standard InChI is InChI=1S/C13H21NO3S/c1-9-5-6-13(7-10(9)2)18(16,17)14-11(3)8-12(4)15/h5-7,11-12,14-15H,8H2,1-4H3. The minimum Gasteiger partial charge on any atom is -0.393 e. The third-order valence-electron chi connectivity index (χ3n) is 2.84. The summed E-state index contributed by atoms with van der Waals surface area (Å²) in [5.74, 6) is 0. The lowest BCUT2D eigenvalue weighted by atomic mass is 10.1. The lowest BCUT2D eigenvalue weighted by molar-refractivity contribution is 0.175. The van der Waals surface area contributed by atoms with Crippen LogP contribution in [0.2, 0.25) is 0 Å². The largest absolute Gasteiger partial charge is 0.393 e. The van der Waals surface area contributed by atoms with Gasteiger partial charge in [-0.1, -0.05) is 6.07 Å². The fraction of sp³-hybridized carbons (Fsp3) is 0.538. The molecule has 0 bridgehead atoms. The van der Waals surface area contributed by atoms with Crippen LogP contribution in [0.25, 0.3) is 0 Å². The van der Waals surface area contributed by atoms with E-state index in [1.54, 1.807) is 32.0 Å². The minimum atomic E-state index is -3.51. The molecule has 18 heavy (non-hydrogen) atoms. The number of nitrogens with one attached hydrogen (secondary N) is 1. The summed E-state index contributed by atoms with van der Waals surface area (Å²) in [6.45, 7) is 7.20. The summed E-state index contributed by atoms with van der Waals surface area (Å²) in [5.41, 5.74) is 2.01. The van der Waals surface area contributed by atoms with E-state index >= 15 is 0 Å². The molecule has 1 aromatic carbocycles. The van der Waals surface area contributed by atoms with Crippen molar-refractivity contribution < 1.29 is 13.5 Å². The Balaban J connectivity index is 2.89. The van der Waals surface area contributed by atoms with Crippen molar-refractivity contribution in [3.05, 3.63) is 29.3 Å². The fourth-order valence-electron chi connectivity index (χ4n) is 1.77. The maximum atomic E-state index is 12.1. The topological polar surface area (TPSA) is 66.4 Å². The first-order valence-electron chi connectivity index (χ1n) is 6.00. The molecule has 2 N–H and O–H groups in total. The van der Waals surface area contributed by atoms with E-state index in [4.69, 9.17) is 0 Å². The maximum absolute atomic E-state index is 12.1. The van der Waals surface area contributed by atoms with Crippen LogP contribution in [0.15, 0.2) is 23.1 Å². The third-order valence-corrected chi connectivity index (χ3v) is 4.43. The molecule has 0 fully saturated rings. The van der Waals surface area contributed by atoms with Gasteiger partial charge in [-0.15, -0.1) is 0 Å². The number of aryl methyl sites for hydroxylation is 2. The molecule has 0 saturated heterocycles.